The number of hydrogen-bond acceptors (Lipinski definition) is 1. The molecule has 0 bridgehead atoms. The van der Waals surface area contributed by atoms with E-state index < -0.39 is 0 Å². The highest BCUT2D eigenvalue weighted by molar-refractivity contribution is 5.00. The highest BCUT2D eigenvalue weighted by Gasteiger charge is 1.95. The average Bonchev–Trinajstić information content (AvgIpc) is 2.01. The van der Waals surface area contributed by atoms with Crippen molar-refractivity contribution < 1.29 is 0 Å². The number of allylic oxidation sites excluding steroid dienone is 1. The Labute approximate surface area is 76.8 Å². The van der Waals surface area contributed by atoms with Crippen molar-refractivity contribution in [3.63, 3.8) is 0 Å². The predicted octanol–water partition coefficient (Wildman–Crippen LogP) is 2.85. The Morgan fingerprint density at radius 2 is 2.17 bits per heavy atom. The molecule has 0 spiro atoms. The Hall–Kier alpha value is -0.560. The summed E-state index contributed by atoms with van der Waals surface area (Å²) in [5.74, 6) is 0. The van der Waals surface area contributed by atoms with Gasteiger partial charge in [0.05, 0.1) is 0 Å². The van der Waals surface area contributed by atoms with Crippen molar-refractivity contribution in [3.8, 4) is 0 Å². The standard InChI is InChI=1S/C11H21N/c1-5-7-8-11(3)10-12(4)9-6-2/h6,8H,2,5,7,9-10H2,1,3-4H3/b11-8-. The lowest BCUT2D eigenvalue weighted by atomic mass is 10.2. The Kier molecular flexibility index (Phi) is 6.78. The molecule has 12 heavy (non-hydrogen) atoms. The highest BCUT2D eigenvalue weighted by Crippen LogP contribution is 1.99. The first-order valence-electron chi connectivity index (χ1n) is 4.65. The van der Waals surface area contributed by atoms with Crippen molar-refractivity contribution >= 4 is 0 Å². The van der Waals surface area contributed by atoms with Gasteiger partial charge >= 0.3 is 0 Å². The molecule has 0 radical (unpaired) electrons. The Morgan fingerprint density at radius 1 is 1.50 bits per heavy atom. The van der Waals surface area contributed by atoms with Gasteiger partial charge in [-0.2, -0.15) is 0 Å². The third-order valence-corrected chi connectivity index (χ3v) is 1.74. The van der Waals surface area contributed by atoms with E-state index in [1.807, 2.05) is 6.08 Å². The molecular weight excluding hydrogens is 146 g/mol. The molecular formula is C11H21N. The molecule has 1 nitrogen and oxygen atoms in total. The summed E-state index contributed by atoms with van der Waals surface area (Å²) in [4.78, 5) is 2.26. The summed E-state index contributed by atoms with van der Waals surface area (Å²) < 4.78 is 0. The molecule has 1 heteroatoms. The van der Waals surface area contributed by atoms with E-state index in [-0.39, 0.29) is 0 Å². The van der Waals surface area contributed by atoms with Gasteiger partial charge < -0.3 is 0 Å². The SMILES string of the molecule is C=CCN(C)C/C(C)=C\CCC. The van der Waals surface area contributed by atoms with Crippen molar-refractivity contribution in [2.24, 2.45) is 0 Å². The van der Waals surface area contributed by atoms with E-state index in [1.54, 1.807) is 0 Å². The van der Waals surface area contributed by atoms with Gasteiger partial charge in [-0.05, 0) is 20.4 Å². The first-order chi connectivity index (χ1) is 5.70. The van der Waals surface area contributed by atoms with Crippen molar-refractivity contribution in [3.05, 3.63) is 24.3 Å². The van der Waals surface area contributed by atoms with E-state index in [1.165, 1.54) is 18.4 Å². The second kappa shape index (κ2) is 7.11. The lowest BCUT2D eigenvalue weighted by Gasteiger charge is -2.14. The molecule has 0 N–H and O–H groups in total. The third kappa shape index (κ3) is 6.17. The zero-order chi connectivity index (χ0) is 9.40. The average molecular weight is 167 g/mol. The number of hydrogen-bond donors (Lipinski definition) is 0. The van der Waals surface area contributed by atoms with E-state index >= 15 is 0 Å². The largest absolute Gasteiger partial charge is 0.299 e. The zero-order valence-corrected chi connectivity index (χ0v) is 8.64. The van der Waals surface area contributed by atoms with Crippen LogP contribution in [0.5, 0.6) is 0 Å². The van der Waals surface area contributed by atoms with Gasteiger partial charge in [-0.15, -0.1) is 6.58 Å². The summed E-state index contributed by atoms with van der Waals surface area (Å²) in [5, 5.41) is 0. The maximum atomic E-state index is 3.71. The molecule has 0 fully saturated rings. The highest BCUT2D eigenvalue weighted by atomic mass is 15.1. The molecule has 0 aromatic heterocycles. The van der Waals surface area contributed by atoms with E-state index in [0.29, 0.717) is 0 Å². The molecule has 0 saturated carbocycles. The molecule has 0 rings (SSSR count). The molecule has 70 valence electrons. The van der Waals surface area contributed by atoms with Crippen molar-refractivity contribution in [1.29, 1.82) is 0 Å². The minimum atomic E-state index is 0.970. The van der Waals surface area contributed by atoms with E-state index in [2.05, 4.69) is 38.5 Å². The van der Waals surface area contributed by atoms with Crippen LogP contribution in [-0.4, -0.2) is 25.0 Å². The summed E-state index contributed by atoms with van der Waals surface area (Å²) >= 11 is 0. The molecule has 0 unspecified atom stereocenters. The minimum absolute atomic E-state index is 0.970. The van der Waals surface area contributed by atoms with Gasteiger partial charge in [0.1, 0.15) is 0 Å². The number of unbranched alkanes of at least 4 members (excludes halogenated alkanes) is 1. The second-order valence-corrected chi connectivity index (χ2v) is 3.32. The van der Waals surface area contributed by atoms with Gasteiger partial charge in [-0.25, -0.2) is 0 Å². The van der Waals surface area contributed by atoms with Crippen molar-refractivity contribution in [2.75, 3.05) is 20.1 Å². The Bertz CT molecular complexity index is 147. The Morgan fingerprint density at radius 3 is 2.67 bits per heavy atom. The molecule has 0 aliphatic rings. The second-order valence-electron chi connectivity index (χ2n) is 3.32. The van der Waals surface area contributed by atoms with E-state index in [0.717, 1.165) is 13.1 Å². The summed E-state index contributed by atoms with van der Waals surface area (Å²) in [7, 11) is 2.12. The van der Waals surface area contributed by atoms with Crippen LogP contribution < -0.4 is 0 Å². The van der Waals surface area contributed by atoms with Crippen LogP contribution in [0.1, 0.15) is 26.7 Å². The molecule has 0 heterocycles. The van der Waals surface area contributed by atoms with Crippen LogP contribution >= 0.6 is 0 Å². The van der Waals surface area contributed by atoms with Crippen molar-refractivity contribution in [2.45, 2.75) is 26.7 Å². The molecule has 0 saturated heterocycles. The van der Waals surface area contributed by atoms with Crippen LogP contribution in [0.25, 0.3) is 0 Å². The summed E-state index contributed by atoms with van der Waals surface area (Å²) in [5.41, 5.74) is 1.46. The van der Waals surface area contributed by atoms with Crippen LogP contribution in [0, 0.1) is 0 Å². The summed E-state index contributed by atoms with van der Waals surface area (Å²) in [6.07, 6.45) is 6.70. The van der Waals surface area contributed by atoms with Gasteiger partial charge in [0.2, 0.25) is 0 Å². The lowest BCUT2D eigenvalue weighted by molar-refractivity contribution is 0.402. The maximum Gasteiger partial charge on any atom is 0.0190 e. The van der Waals surface area contributed by atoms with Gasteiger partial charge in [-0.1, -0.05) is 31.1 Å². The topological polar surface area (TPSA) is 3.24 Å². The van der Waals surface area contributed by atoms with Gasteiger partial charge in [0, 0.05) is 13.1 Å². The predicted molar refractivity (Wildman–Crippen MR) is 56.4 cm³/mol. The third-order valence-electron chi connectivity index (χ3n) is 1.74. The quantitative estimate of drug-likeness (QED) is 0.550. The summed E-state index contributed by atoms with van der Waals surface area (Å²) in [6, 6.07) is 0. The van der Waals surface area contributed by atoms with Crippen molar-refractivity contribution in [1.82, 2.24) is 4.90 Å². The van der Waals surface area contributed by atoms with Gasteiger partial charge in [-0.3, -0.25) is 4.90 Å². The molecule has 0 amide bonds. The normalized spacial score (nSPS) is 12.2. The van der Waals surface area contributed by atoms with Crippen LogP contribution in [0.2, 0.25) is 0 Å². The lowest BCUT2D eigenvalue weighted by Crippen LogP contribution is -2.20. The molecule has 0 aromatic rings. The number of likely N-dealkylation sites (N-methyl/N-ethyl adjacent to an activating group) is 1. The fourth-order valence-electron chi connectivity index (χ4n) is 1.17. The first-order valence-corrected chi connectivity index (χ1v) is 4.65. The number of rotatable bonds is 6. The first kappa shape index (κ1) is 11.4. The van der Waals surface area contributed by atoms with Crippen LogP contribution in [-0.2, 0) is 0 Å². The van der Waals surface area contributed by atoms with Gasteiger partial charge in [0.25, 0.3) is 0 Å². The van der Waals surface area contributed by atoms with E-state index in [4.69, 9.17) is 0 Å². The molecule has 0 atom stereocenters. The molecule has 0 aromatic carbocycles. The molecule has 0 aliphatic carbocycles. The van der Waals surface area contributed by atoms with E-state index in [9.17, 15) is 0 Å². The zero-order valence-electron chi connectivity index (χ0n) is 8.64. The fourth-order valence-corrected chi connectivity index (χ4v) is 1.17. The fraction of sp³-hybridized carbons (Fsp3) is 0.636. The van der Waals surface area contributed by atoms with Gasteiger partial charge in [0.15, 0.2) is 0 Å². The van der Waals surface area contributed by atoms with Crippen LogP contribution in [0.4, 0.5) is 0 Å². The minimum Gasteiger partial charge on any atom is -0.299 e. The monoisotopic (exact) mass is 167 g/mol. The number of nitrogens with zero attached hydrogens (tertiary/aromatic N) is 1. The Balaban J connectivity index is 3.66. The molecule has 0 aliphatic heterocycles. The van der Waals surface area contributed by atoms with Crippen LogP contribution in [0.15, 0.2) is 24.3 Å². The van der Waals surface area contributed by atoms with Crippen LogP contribution in [0.3, 0.4) is 0 Å². The maximum absolute atomic E-state index is 3.71. The smallest absolute Gasteiger partial charge is 0.0190 e. The summed E-state index contributed by atoms with van der Waals surface area (Å²) in [6.45, 7) is 10.1.